The Labute approximate surface area is 166 Å². The first-order valence-electron chi connectivity index (χ1n) is 8.56. The summed E-state index contributed by atoms with van der Waals surface area (Å²) in [5.74, 6) is 2.08. The minimum atomic E-state index is -0.247. The van der Waals surface area contributed by atoms with Gasteiger partial charge in [-0.3, -0.25) is 9.59 Å². The third-order valence-corrected chi connectivity index (χ3v) is 4.72. The minimum absolute atomic E-state index is 0.133. The van der Waals surface area contributed by atoms with Gasteiger partial charge in [-0.1, -0.05) is 11.2 Å². The second-order valence-corrected chi connectivity index (χ2v) is 7.14. The Bertz CT molecular complexity index is 976. The van der Waals surface area contributed by atoms with Gasteiger partial charge in [0.15, 0.2) is 5.82 Å². The molecule has 0 bridgehead atoms. The molecule has 0 saturated heterocycles. The molecule has 1 aromatic carbocycles. The lowest BCUT2D eigenvalue weighted by molar-refractivity contribution is -0.114. The van der Waals surface area contributed by atoms with E-state index in [1.165, 1.54) is 11.8 Å². The van der Waals surface area contributed by atoms with E-state index in [-0.39, 0.29) is 23.3 Å². The lowest BCUT2D eigenvalue weighted by Gasteiger charge is -2.06. The van der Waals surface area contributed by atoms with Gasteiger partial charge in [-0.15, -0.1) is 11.8 Å². The topological polar surface area (TPSA) is 110 Å². The number of thioether (sulfide) groups is 1. The van der Waals surface area contributed by atoms with Gasteiger partial charge in [-0.25, -0.2) is 4.98 Å². The number of oxazole rings is 1. The summed E-state index contributed by atoms with van der Waals surface area (Å²) in [5, 5.41) is 9.10. The van der Waals surface area contributed by atoms with Gasteiger partial charge in [0, 0.05) is 17.3 Å². The van der Waals surface area contributed by atoms with Crippen LogP contribution in [0, 0.1) is 20.8 Å². The highest BCUT2D eigenvalue weighted by Crippen LogP contribution is 2.24. The first-order valence-corrected chi connectivity index (χ1v) is 9.71. The molecule has 0 aliphatic heterocycles. The zero-order valence-electron chi connectivity index (χ0n) is 15.7. The van der Waals surface area contributed by atoms with Crippen molar-refractivity contribution < 1.29 is 18.5 Å². The highest BCUT2D eigenvalue weighted by Gasteiger charge is 2.11. The average Bonchev–Trinajstić information content (AvgIpc) is 3.20. The van der Waals surface area contributed by atoms with Crippen LogP contribution in [0.4, 0.5) is 11.5 Å². The molecule has 3 rings (SSSR count). The van der Waals surface area contributed by atoms with Crippen molar-refractivity contribution in [3.63, 3.8) is 0 Å². The van der Waals surface area contributed by atoms with Crippen molar-refractivity contribution in [2.45, 2.75) is 20.8 Å². The number of nitrogens with one attached hydrogen (secondary N) is 2. The molecular weight excluding hydrogens is 380 g/mol. The summed E-state index contributed by atoms with van der Waals surface area (Å²) in [6, 6.07) is 8.89. The second kappa shape index (κ2) is 8.75. The first-order chi connectivity index (χ1) is 13.4. The molecule has 8 nitrogen and oxygen atoms in total. The van der Waals surface area contributed by atoms with Crippen LogP contribution < -0.4 is 10.6 Å². The van der Waals surface area contributed by atoms with Crippen LogP contribution in [0.1, 0.15) is 17.2 Å². The number of nitrogens with zero attached hydrogens (tertiary/aromatic N) is 2. The molecule has 2 aromatic heterocycles. The van der Waals surface area contributed by atoms with Crippen LogP contribution in [-0.2, 0) is 9.59 Å². The molecule has 0 aliphatic rings. The maximum atomic E-state index is 12.1. The first kappa shape index (κ1) is 19.7. The monoisotopic (exact) mass is 400 g/mol. The van der Waals surface area contributed by atoms with Crippen molar-refractivity contribution in [1.82, 2.24) is 10.1 Å². The highest BCUT2D eigenvalue weighted by atomic mass is 32.2. The molecule has 0 radical (unpaired) electrons. The number of anilines is 2. The van der Waals surface area contributed by atoms with E-state index in [4.69, 9.17) is 8.94 Å². The van der Waals surface area contributed by atoms with E-state index in [1.807, 2.05) is 26.0 Å². The zero-order valence-corrected chi connectivity index (χ0v) is 16.6. The molecule has 2 amide bonds. The van der Waals surface area contributed by atoms with E-state index in [1.54, 1.807) is 25.1 Å². The van der Waals surface area contributed by atoms with E-state index in [0.717, 1.165) is 17.0 Å². The molecular formula is C19H20N4O4S. The van der Waals surface area contributed by atoms with Crippen molar-refractivity contribution in [2.75, 3.05) is 22.1 Å². The summed E-state index contributed by atoms with van der Waals surface area (Å²) in [6.45, 7) is 5.47. The summed E-state index contributed by atoms with van der Waals surface area (Å²) in [6.07, 6.45) is 0. The molecule has 2 N–H and O–H groups in total. The molecule has 0 unspecified atom stereocenters. The predicted octanol–water partition coefficient (Wildman–Crippen LogP) is 3.57. The number of amides is 2. The molecule has 146 valence electrons. The lowest BCUT2D eigenvalue weighted by Crippen LogP contribution is -2.18. The van der Waals surface area contributed by atoms with E-state index < -0.39 is 0 Å². The van der Waals surface area contributed by atoms with E-state index in [2.05, 4.69) is 20.8 Å². The summed E-state index contributed by atoms with van der Waals surface area (Å²) < 4.78 is 10.5. The largest absolute Gasteiger partial charge is 0.441 e. The van der Waals surface area contributed by atoms with Gasteiger partial charge in [0.2, 0.25) is 17.7 Å². The number of aryl methyl sites for hydroxylation is 3. The van der Waals surface area contributed by atoms with Crippen LogP contribution in [0.15, 0.2) is 39.3 Å². The van der Waals surface area contributed by atoms with Crippen molar-refractivity contribution in [3.05, 3.63) is 47.5 Å². The third kappa shape index (κ3) is 5.23. The molecule has 3 aromatic rings. The SMILES string of the molecule is Cc1cc(NC(=O)CSCC(=O)Nc2cccc(-c3nc(C)c(C)o3)c2)no1. The summed E-state index contributed by atoms with van der Waals surface area (Å²) in [5.41, 5.74) is 2.25. The van der Waals surface area contributed by atoms with Crippen molar-refractivity contribution in [1.29, 1.82) is 0 Å². The maximum absolute atomic E-state index is 12.1. The summed E-state index contributed by atoms with van der Waals surface area (Å²) in [4.78, 5) is 28.3. The molecule has 0 aliphatic carbocycles. The number of hydrogen-bond acceptors (Lipinski definition) is 7. The van der Waals surface area contributed by atoms with Gasteiger partial charge in [-0.2, -0.15) is 0 Å². The standard InChI is InChI=1S/C19H20N4O4S/c1-11-7-16(23-27-11)22-18(25)10-28-9-17(24)21-15-6-4-5-14(8-15)19-20-12(2)13(3)26-19/h4-8H,9-10H2,1-3H3,(H,21,24)(H,22,23,25). The van der Waals surface area contributed by atoms with E-state index >= 15 is 0 Å². The van der Waals surface area contributed by atoms with Gasteiger partial charge in [-0.05, 0) is 39.0 Å². The fourth-order valence-corrected chi connectivity index (χ4v) is 2.98. The Hall–Kier alpha value is -3.07. The molecule has 0 fully saturated rings. The summed E-state index contributed by atoms with van der Waals surface area (Å²) >= 11 is 1.21. The molecule has 2 heterocycles. The van der Waals surface area contributed by atoms with Crippen LogP contribution >= 0.6 is 11.8 Å². The Morgan fingerprint density at radius 1 is 1.07 bits per heavy atom. The van der Waals surface area contributed by atoms with E-state index in [9.17, 15) is 9.59 Å². The summed E-state index contributed by atoms with van der Waals surface area (Å²) in [7, 11) is 0. The maximum Gasteiger partial charge on any atom is 0.235 e. The number of rotatable bonds is 7. The number of carbonyl (C=O) groups excluding carboxylic acids is 2. The molecule has 9 heteroatoms. The van der Waals surface area contributed by atoms with Gasteiger partial charge >= 0.3 is 0 Å². The Kier molecular flexibility index (Phi) is 6.15. The van der Waals surface area contributed by atoms with Crippen molar-refractivity contribution in [2.24, 2.45) is 0 Å². The predicted molar refractivity (Wildman–Crippen MR) is 107 cm³/mol. The fraction of sp³-hybridized carbons (Fsp3) is 0.263. The van der Waals surface area contributed by atoms with Crippen LogP contribution in [0.25, 0.3) is 11.5 Å². The lowest BCUT2D eigenvalue weighted by atomic mass is 10.2. The fourth-order valence-electron chi connectivity index (χ4n) is 2.36. The molecule has 0 spiro atoms. The third-order valence-electron chi connectivity index (χ3n) is 3.78. The van der Waals surface area contributed by atoms with Gasteiger partial charge in [0.05, 0.1) is 17.2 Å². The number of carbonyl (C=O) groups is 2. The number of hydrogen-bond donors (Lipinski definition) is 2. The van der Waals surface area contributed by atoms with Crippen LogP contribution in [0.2, 0.25) is 0 Å². The van der Waals surface area contributed by atoms with E-state index in [0.29, 0.717) is 23.2 Å². The normalized spacial score (nSPS) is 10.7. The molecule has 28 heavy (non-hydrogen) atoms. The van der Waals surface area contributed by atoms with Crippen molar-refractivity contribution >= 4 is 35.1 Å². The smallest absolute Gasteiger partial charge is 0.235 e. The Balaban J connectivity index is 1.48. The highest BCUT2D eigenvalue weighted by molar-refractivity contribution is 8.00. The number of benzene rings is 1. The molecule has 0 atom stereocenters. The van der Waals surface area contributed by atoms with Crippen LogP contribution in [0.5, 0.6) is 0 Å². The van der Waals surface area contributed by atoms with Crippen molar-refractivity contribution in [3.8, 4) is 11.5 Å². The molecule has 0 saturated carbocycles. The van der Waals surface area contributed by atoms with Crippen LogP contribution in [-0.4, -0.2) is 33.5 Å². The minimum Gasteiger partial charge on any atom is -0.441 e. The number of aromatic nitrogens is 2. The Morgan fingerprint density at radius 2 is 1.82 bits per heavy atom. The van der Waals surface area contributed by atoms with Gasteiger partial charge < -0.3 is 19.6 Å². The van der Waals surface area contributed by atoms with Gasteiger partial charge in [0.25, 0.3) is 0 Å². The van der Waals surface area contributed by atoms with Gasteiger partial charge in [0.1, 0.15) is 11.5 Å². The average molecular weight is 400 g/mol. The second-order valence-electron chi connectivity index (χ2n) is 6.15. The Morgan fingerprint density at radius 3 is 2.46 bits per heavy atom. The quantitative estimate of drug-likeness (QED) is 0.624. The zero-order chi connectivity index (χ0) is 20.1. The van der Waals surface area contributed by atoms with Crippen LogP contribution in [0.3, 0.4) is 0 Å².